The van der Waals surface area contributed by atoms with Crippen molar-refractivity contribution in [1.82, 2.24) is 9.88 Å². The van der Waals surface area contributed by atoms with Crippen LogP contribution in [0.5, 0.6) is 0 Å². The number of nitrogens with one attached hydrogen (secondary N) is 1. The average Bonchev–Trinajstić information content (AvgIpc) is 2.51. The highest BCUT2D eigenvalue weighted by atomic mass is 15.2. The lowest BCUT2D eigenvalue weighted by atomic mass is 10.2. The summed E-state index contributed by atoms with van der Waals surface area (Å²) in [4.78, 5) is 6.52. The van der Waals surface area contributed by atoms with Gasteiger partial charge < -0.3 is 16.0 Å². The van der Waals surface area contributed by atoms with Gasteiger partial charge in [-0.3, -0.25) is 0 Å². The number of aromatic nitrogens is 1. The minimum atomic E-state index is 0.509. The van der Waals surface area contributed by atoms with Crippen molar-refractivity contribution in [2.75, 3.05) is 31.2 Å². The van der Waals surface area contributed by atoms with Gasteiger partial charge >= 0.3 is 0 Å². The molecule has 0 saturated carbocycles. The number of nitrogens with two attached hydrogens (primary N) is 1. The molecule has 1 aliphatic rings. The lowest BCUT2D eigenvalue weighted by molar-refractivity contribution is 0.414. The second-order valence-electron chi connectivity index (χ2n) is 3.84. The van der Waals surface area contributed by atoms with E-state index in [2.05, 4.69) is 22.2 Å². The summed E-state index contributed by atoms with van der Waals surface area (Å²) in [5, 5.41) is 3.38. The summed E-state index contributed by atoms with van der Waals surface area (Å²) in [7, 11) is 2.13. The minimum Gasteiger partial charge on any atom is -0.384 e. The van der Waals surface area contributed by atoms with E-state index in [-0.39, 0.29) is 0 Å². The van der Waals surface area contributed by atoms with E-state index in [1.165, 1.54) is 6.42 Å². The Balaban J connectivity index is 1.97. The van der Waals surface area contributed by atoms with Gasteiger partial charge in [-0.1, -0.05) is 6.07 Å². The zero-order chi connectivity index (χ0) is 9.97. The van der Waals surface area contributed by atoms with Crippen LogP contribution in [0.3, 0.4) is 0 Å². The average molecular weight is 192 g/mol. The topological polar surface area (TPSA) is 54.2 Å². The summed E-state index contributed by atoms with van der Waals surface area (Å²) in [6.45, 7) is 2.23. The number of nitrogen functional groups attached to an aromatic ring is 1. The Morgan fingerprint density at radius 1 is 1.57 bits per heavy atom. The lowest BCUT2D eigenvalue weighted by Gasteiger charge is -2.13. The van der Waals surface area contributed by atoms with Gasteiger partial charge in [0.1, 0.15) is 11.6 Å². The Labute approximate surface area is 84.1 Å². The molecule has 1 unspecified atom stereocenters. The van der Waals surface area contributed by atoms with Gasteiger partial charge in [0.15, 0.2) is 0 Å². The third-order valence-electron chi connectivity index (χ3n) is 2.51. The number of nitrogens with zero attached hydrogens (tertiary/aromatic N) is 2. The Kier molecular flexibility index (Phi) is 2.54. The number of likely N-dealkylation sites (N-methyl/N-ethyl adjacent to an activating group) is 1. The molecular formula is C10H16N4. The lowest BCUT2D eigenvalue weighted by Crippen LogP contribution is -2.24. The molecule has 0 amide bonds. The quantitative estimate of drug-likeness (QED) is 0.727. The van der Waals surface area contributed by atoms with Crippen LogP contribution in [0.1, 0.15) is 6.42 Å². The van der Waals surface area contributed by atoms with Crippen LogP contribution < -0.4 is 11.1 Å². The fourth-order valence-corrected chi connectivity index (χ4v) is 1.79. The molecule has 0 spiro atoms. The van der Waals surface area contributed by atoms with E-state index < -0.39 is 0 Å². The highest BCUT2D eigenvalue weighted by molar-refractivity contribution is 5.43. The zero-order valence-corrected chi connectivity index (χ0v) is 8.40. The predicted octanol–water partition coefficient (Wildman–Crippen LogP) is 0.780. The number of hydrogen-bond acceptors (Lipinski definition) is 4. The molecule has 2 heterocycles. The molecule has 1 aromatic rings. The number of likely N-dealkylation sites (tertiary alicyclic amines) is 1. The van der Waals surface area contributed by atoms with Gasteiger partial charge in [-0.2, -0.15) is 0 Å². The maximum absolute atomic E-state index is 5.60. The fraction of sp³-hybridized carbons (Fsp3) is 0.500. The van der Waals surface area contributed by atoms with Gasteiger partial charge in [0, 0.05) is 12.6 Å². The summed E-state index contributed by atoms with van der Waals surface area (Å²) in [6.07, 6.45) is 1.17. The van der Waals surface area contributed by atoms with Crippen LogP contribution >= 0.6 is 0 Å². The normalized spacial score (nSPS) is 22.5. The molecule has 1 saturated heterocycles. The number of anilines is 2. The molecule has 2 rings (SSSR count). The van der Waals surface area contributed by atoms with E-state index in [1.54, 1.807) is 6.07 Å². The molecule has 4 nitrogen and oxygen atoms in total. The largest absolute Gasteiger partial charge is 0.384 e. The van der Waals surface area contributed by atoms with Crippen LogP contribution in [0, 0.1) is 0 Å². The molecular weight excluding hydrogens is 176 g/mol. The monoisotopic (exact) mass is 192 g/mol. The number of hydrogen-bond donors (Lipinski definition) is 2. The van der Waals surface area contributed by atoms with Crippen LogP contribution in [0.4, 0.5) is 11.6 Å². The summed E-state index contributed by atoms with van der Waals surface area (Å²) < 4.78 is 0. The van der Waals surface area contributed by atoms with E-state index in [9.17, 15) is 0 Å². The molecule has 1 atom stereocenters. The van der Waals surface area contributed by atoms with Crippen molar-refractivity contribution in [3.05, 3.63) is 18.2 Å². The van der Waals surface area contributed by atoms with Gasteiger partial charge in [0.2, 0.25) is 0 Å². The Hall–Kier alpha value is -1.29. The molecule has 0 bridgehead atoms. The van der Waals surface area contributed by atoms with Gasteiger partial charge in [-0.25, -0.2) is 4.98 Å². The second kappa shape index (κ2) is 3.84. The Morgan fingerprint density at radius 3 is 3.07 bits per heavy atom. The Morgan fingerprint density at radius 2 is 2.43 bits per heavy atom. The molecule has 1 fully saturated rings. The van der Waals surface area contributed by atoms with Gasteiger partial charge in [0.05, 0.1) is 0 Å². The summed E-state index contributed by atoms with van der Waals surface area (Å²) in [6, 6.07) is 6.18. The third kappa shape index (κ3) is 2.14. The summed E-state index contributed by atoms with van der Waals surface area (Å²) in [5.74, 6) is 1.45. The van der Waals surface area contributed by atoms with Crippen molar-refractivity contribution in [3.63, 3.8) is 0 Å². The fourth-order valence-electron chi connectivity index (χ4n) is 1.79. The smallest absolute Gasteiger partial charge is 0.128 e. The molecule has 4 heteroatoms. The molecule has 3 N–H and O–H groups in total. The molecule has 0 aromatic carbocycles. The van der Waals surface area contributed by atoms with Crippen molar-refractivity contribution in [1.29, 1.82) is 0 Å². The van der Waals surface area contributed by atoms with Crippen molar-refractivity contribution in [2.24, 2.45) is 0 Å². The van der Waals surface area contributed by atoms with Crippen molar-refractivity contribution in [2.45, 2.75) is 12.5 Å². The van der Waals surface area contributed by atoms with Gasteiger partial charge in [-0.05, 0) is 32.1 Å². The highest BCUT2D eigenvalue weighted by Gasteiger charge is 2.19. The third-order valence-corrected chi connectivity index (χ3v) is 2.51. The van der Waals surface area contributed by atoms with Crippen LogP contribution in [0.2, 0.25) is 0 Å². The molecule has 14 heavy (non-hydrogen) atoms. The minimum absolute atomic E-state index is 0.509. The number of rotatable bonds is 2. The van der Waals surface area contributed by atoms with Crippen molar-refractivity contribution < 1.29 is 0 Å². The van der Waals surface area contributed by atoms with E-state index in [0.717, 1.165) is 18.9 Å². The van der Waals surface area contributed by atoms with E-state index >= 15 is 0 Å². The van der Waals surface area contributed by atoms with Crippen molar-refractivity contribution in [3.8, 4) is 0 Å². The SMILES string of the molecule is CN1CCC(Nc2cccc(N)n2)C1. The van der Waals surface area contributed by atoms with Gasteiger partial charge in [0.25, 0.3) is 0 Å². The molecule has 1 aliphatic heterocycles. The highest BCUT2D eigenvalue weighted by Crippen LogP contribution is 2.13. The Bertz CT molecular complexity index is 313. The first-order valence-electron chi connectivity index (χ1n) is 4.91. The van der Waals surface area contributed by atoms with Crippen LogP contribution in [0.25, 0.3) is 0 Å². The van der Waals surface area contributed by atoms with Crippen LogP contribution in [-0.4, -0.2) is 36.1 Å². The first-order chi connectivity index (χ1) is 6.74. The van der Waals surface area contributed by atoms with E-state index in [4.69, 9.17) is 5.73 Å². The summed E-state index contributed by atoms with van der Waals surface area (Å²) in [5.41, 5.74) is 5.60. The standard InChI is InChI=1S/C10H16N4/c1-14-6-5-8(7-14)12-10-4-2-3-9(11)13-10/h2-4,8H,5-7H2,1H3,(H3,11,12,13). The van der Waals surface area contributed by atoms with E-state index in [1.807, 2.05) is 12.1 Å². The molecule has 0 radical (unpaired) electrons. The van der Waals surface area contributed by atoms with Gasteiger partial charge in [-0.15, -0.1) is 0 Å². The maximum Gasteiger partial charge on any atom is 0.128 e. The number of pyridine rings is 1. The molecule has 1 aromatic heterocycles. The van der Waals surface area contributed by atoms with E-state index in [0.29, 0.717) is 11.9 Å². The van der Waals surface area contributed by atoms with Crippen LogP contribution in [0.15, 0.2) is 18.2 Å². The van der Waals surface area contributed by atoms with Crippen LogP contribution in [-0.2, 0) is 0 Å². The predicted molar refractivity (Wildman–Crippen MR) is 58.2 cm³/mol. The summed E-state index contributed by atoms with van der Waals surface area (Å²) >= 11 is 0. The second-order valence-corrected chi connectivity index (χ2v) is 3.84. The zero-order valence-electron chi connectivity index (χ0n) is 8.40. The molecule has 76 valence electrons. The first kappa shape index (κ1) is 9.27. The maximum atomic E-state index is 5.60. The molecule has 0 aliphatic carbocycles. The first-order valence-corrected chi connectivity index (χ1v) is 4.91. The van der Waals surface area contributed by atoms with Crippen molar-refractivity contribution >= 4 is 11.6 Å².